The monoisotopic (exact) mass is 87.1 g/mol. The van der Waals surface area contributed by atoms with Crippen LogP contribution >= 0.6 is 0 Å². The summed E-state index contributed by atoms with van der Waals surface area (Å²) in [6.45, 7) is 2.01. The minimum Gasteiger partial charge on any atom is -0.240 e. The minimum absolute atomic E-state index is 0.206. The van der Waals surface area contributed by atoms with Gasteiger partial charge in [-0.25, -0.2) is 4.39 Å². The van der Waals surface area contributed by atoms with E-state index in [0.717, 1.165) is 12.8 Å². The van der Waals surface area contributed by atoms with Crippen molar-refractivity contribution in [1.82, 2.24) is 0 Å². The van der Waals surface area contributed by atoms with Crippen LogP contribution in [0.4, 0.5) is 4.39 Å². The van der Waals surface area contributed by atoms with Crippen LogP contribution in [0, 0.1) is 12.1 Å². The van der Waals surface area contributed by atoms with Crippen molar-refractivity contribution in [2.75, 3.05) is 0 Å². The lowest BCUT2D eigenvalue weighted by Gasteiger charge is -1.75. The second-order valence-corrected chi connectivity index (χ2v) is 1.76. The van der Waals surface area contributed by atoms with Crippen molar-refractivity contribution in [3.63, 3.8) is 0 Å². The third-order valence-electron chi connectivity index (χ3n) is 1.22. The van der Waals surface area contributed by atoms with Gasteiger partial charge in [-0.1, -0.05) is 13.3 Å². The largest absolute Gasteiger partial charge is 0.240 e. The third kappa shape index (κ3) is 0.537. The van der Waals surface area contributed by atoms with Crippen LogP contribution in [0.15, 0.2) is 0 Å². The average molecular weight is 87.1 g/mol. The van der Waals surface area contributed by atoms with Gasteiger partial charge in [0.25, 0.3) is 0 Å². The summed E-state index contributed by atoms with van der Waals surface area (Å²) in [7, 11) is 0. The topological polar surface area (TPSA) is 0 Å². The van der Waals surface area contributed by atoms with Crippen LogP contribution < -0.4 is 0 Å². The second kappa shape index (κ2) is 1.21. The molecule has 1 saturated carbocycles. The predicted molar refractivity (Wildman–Crippen MR) is 22.7 cm³/mol. The van der Waals surface area contributed by atoms with E-state index in [2.05, 4.69) is 0 Å². The van der Waals surface area contributed by atoms with Gasteiger partial charge >= 0.3 is 0 Å². The SMILES string of the molecule is CC[C@@H]1C[C]1F. The predicted octanol–water partition coefficient (Wildman–Crippen LogP) is 1.92. The molecule has 0 aromatic rings. The molecule has 0 saturated heterocycles. The first-order valence-corrected chi connectivity index (χ1v) is 2.35. The Balaban J connectivity index is 2.09. The summed E-state index contributed by atoms with van der Waals surface area (Å²) >= 11 is 0. The van der Waals surface area contributed by atoms with Gasteiger partial charge in [0.2, 0.25) is 0 Å². The second-order valence-electron chi connectivity index (χ2n) is 1.76. The molecule has 0 unspecified atom stereocenters. The molecule has 0 nitrogen and oxygen atoms in total. The Morgan fingerprint density at radius 1 is 2.00 bits per heavy atom. The molecule has 0 N–H and O–H groups in total. The standard InChI is InChI=1S/C5H8F/c1-2-4-3-5(4)6/h4H,2-3H2,1H3/t4-/m1/s1. The van der Waals surface area contributed by atoms with Gasteiger partial charge in [-0.05, 0) is 12.3 Å². The van der Waals surface area contributed by atoms with Crippen molar-refractivity contribution in [3.8, 4) is 0 Å². The number of rotatable bonds is 1. The molecule has 0 aromatic carbocycles. The Kier molecular flexibility index (Phi) is 0.827. The maximum Gasteiger partial charge on any atom is 0.148 e. The lowest BCUT2D eigenvalue weighted by molar-refractivity contribution is 0.558. The molecular formula is C5H8F. The van der Waals surface area contributed by atoms with E-state index in [-0.39, 0.29) is 6.17 Å². The van der Waals surface area contributed by atoms with Crippen LogP contribution in [0.3, 0.4) is 0 Å². The Morgan fingerprint density at radius 3 is 2.50 bits per heavy atom. The number of halogens is 1. The van der Waals surface area contributed by atoms with Gasteiger partial charge in [0.05, 0.1) is 0 Å². The summed E-state index contributed by atoms with van der Waals surface area (Å²) in [5.41, 5.74) is 0. The van der Waals surface area contributed by atoms with Crippen LogP contribution in [-0.4, -0.2) is 0 Å². The molecule has 0 amide bonds. The summed E-state index contributed by atoms with van der Waals surface area (Å²) < 4.78 is 11.7. The first kappa shape index (κ1) is 4.10. The van der Waals surface area contributed by atoms with Crippen LogP contribution in [0.2, 0.25) is 0 Å². The molecule has 1 atom stereocenters. The molecule has 6 heavy (non-hydrogen) atoms. The molecule has 1 fully saturated rings. The summed E-state index contributed by atoms with van der Waals surface area (Å²) in [6.07, 6.45) is 1.94. The Morgan fingerprint density at radius 2 is 2.50 bits per heavy atom. The van der Waals surface area contributed by atoms with Gasteiger partial charge in [-0.2, -0.15) is 0 Å². The van der Waals surface area contributed by atoms with E-state index in [1.165, 1.54) is 0 Å². The van der Waals surface area contributed by atoms with Gasteiger partial charge in [0, 0.05) is 0 Å². The molecule has 0 aromatic heterocycles. The van der Waals surface area contributed by atoms with Crippen molar-refractivity contribution in [1.29, 1.82) is 0 Å². The Labute approximate surface area is 37.4 Å². The molecule has 0 heterocycles. The lowest BCUT2D eigenvalue weighted by atomic mass is 10.3. The molecule has 35 valence electrons. The van der Waals surface area contributed by atoms with E-state index in [4.69, 9.17) is 0 Å². The highest BCUT2D eigenvalue weighted by Gasteiger charge is 2.36. The first-order valence-electron chi connectivity index (χ1n) is 2.35. The van der Waals surface area contributed by atoms with Gasteiger partial charge < -0.3 is 0 Å². The molecule has 1 aliphatic rings. The van der Waals surface area contributed by atoms with Gasteiger partial charge in [0.1, 0.15) is 6.17 Å². The highest BCUT2D eigenvalue weighted by atomic mass is 19.1. The van der Waals surface area contributed by atoms with E-state index in [1.807, 2.05) is 6.92 Å². The van der Waals surface area contributed by atoms with E-state index in [9.17, 15) is 4.39 Å². The first-order chi connectivity index (χ1) is 2.84. The zero-order valence-corrected chi connectivity index (χ0v) is 3.87. The third-order valence-corrected chi connectivity index (χ3v) is 1.22. The van der Waals surface area contributed by atoms with Crippen molar-refractivity contribution in [2.24, 2.45) is 5.92 Å². The fraction of sp³-hybridized carbons (Fsp3) is 0.800. The van der Waals surface area contributed by atoms with Gasteiger partial charge in [-0.3, -0.25) is 0 Å². The van der Waals surface area contributed by atoms with Crippen molar-refractivity contribution < 1.29 is 4.39 Å². The van der Waals surface area contributed by atoms with Gasteiger partial charge in [-0.15, -0.1) is 0 Å². The fourth-order valence-electron chi connectivity index (χ4n) is 0.542. The number of hydrogen-bond donors (Lipinski definition) is 0. The van der Waals surface area contributed by atoms with Crippen molar-refractivity contribution >= 4 is 0 Å². The smallest absolute Gasteiger partial charge is 0.148 e. The van der Waals surface area contributed by atoms with Gasteiger partial charge in [0.15, 0.2) is 0 Å². The highest BCUT2D eigenvalue weighted by Crippen LogP contribution is 2.43. The Hall–Kier alpha value is -0.0700. The fourth-order valence-corrected chi connectivity index (χ4v) is 0.542. The van der Waals surface area contributed by atoms with Crippen LogP contribution in [-0.2, 0) is 0 Å². The molecule has 1 aliphatic carbocycles. The zero-order chi connectivity index (χ0) is 4.57. The summed E-state index contributed by atoms with van der Waals surface area (Å²) in [5.74, 6) is 0.352. The molecule has 1 radical (unpaired) electrons. The summed E-state index contributed by atoms with van der Waals surface area (Å²) in [6, 6.07) is 0. The van der Waals surface area contributed by atoms with E-state index < -0.39 is 0 Å². The van der Waals surface area contributed by atoms with Crippen LogP contribution in [0.25, 0.3) is 0 Å². The number of hydrogen-bond acceptors (Lipinski definition) is 0. The van der Waals surface area contributed by atoms with E-state index in [0.29, 0.717) is 5.92 Å². The minimum atomic E-state index is 0.206. The van der Waals surface area contributed by atoms with Crippen LogP contribution in [0.1, 0.15) is 19.8 Å². The normalized spacial score (nSPS) is 34.0. The Bertz CT molecular complexity index is 49.9. The molecule has 1 rings (SSSR count). The molecule has 1 heteroatoms. The summed E-state index contributed by atoms with van der Waals surface area (Å²) in [5, 5.41) is 0. The van der Waals surface area contributed by atoms with E-state index >= 15 is 0 Å². The summed E-state index contributed by atoms with van der Waals surface area (Å²) in [4.78, 5) is 0. The molecular weight excluding hydrogens is 79.1 g/mol. The highest BCUT2D eigenvalue weighted by molar-refractivity contribution is 5.03. The van der Waals surface area contributed by atoms with Crippen LogP contribution in [0.5, 0.6) is 0 Å². The molecule has 0 bridgehead atoms. The molecule has 0 spiro atoms. The quantitative estimate of drug-likeness (QED) is 0.458. The zero-order valence-electron chi connectivity index (χ0n) is 3.87. The lowest BCUT2D eigenvalue weighted by Crippen LogP contribution is -1.65. The van der Waals surface area contributed by atoms with Crippen molar-refractivity contribution in [2.45, 2.75) is 19.8 Å². The molecule has 0 aliphatic heterocycles. The average Bonchev–Trinajstić information content (AvgIpc) is 2.19. The van der Waals surface area contributed by atoms with E-state index in [1.54, 1.807) is 0 Å². The maximum atomic E-state index is 11.7. The van der Waals surface area contributed by atoms with Crippen molar-refractivity contribution in [3.05, 3.63) is 6.17 Å². The maximum absolute atomic E-state index is 11.7.